The minimum absolute atomic E-state index is 0.237. The molecule has 1 saturated heterocycles. The summed E-state index contributed by atoms with van der Waals surface area (Å²) in [4.78, 5) is 14.3. The Morgan fingerprint density at radius 3 is 2.30 bits per heavy atom. The second kappa shape index (κ2) is 6.90. The lowest BCUT2D eigenvalue weighted by atomic mass is 10.0. The van der Waals surface area contributed by atoms with E-state index >= 15 is 0 Å². The van der Waals surface area contributed by atoms with E-state index < -0.39 is 0 Å². The van der Waals surface area contributed by atoms with Crippen LogP contribution in [0.1, 0.15) is 51.4 Å². The third kappa shape index (κ3) is 4.45. The quantitative estimate of drug-likeness (QED) is 0.774. The first-order chi connectivity index (χ1) is 9.79. The van der Waals surface area contributed by atoms with Gasteiger partial charge in [-0.05, 0) is 51.0 Å². The molecule has 2 saturated carbocycles. The number of rotatable bonds is 6. The molecule has 3 fully saturated rings. The van der Waals surface area contributed by atoms with Crippen molar-refractivity contribution in [1.82, 2.24) is 15.5 Å². The van der Waals surface area contributed by atoms with Gasteiger partial charge in [-0.25, -0.2) is 0 Å². The van der Waals surface area contributed by atoms with Crippen molar-refractivity contribution in [1.29, 1.82) is 0 Å². The maximum absolute atomic E-state index is 12.0. The Kier molecular flexibility index (Phi) is 4.94. The smallest absolute Gasteiger partial charge is 0.234 e. The summed E-state index contributed by atoms with van der Waals surface area (Å²) in [5.74, 6) is 1.20. The van der Waals surface area contributed by atoms with Crippen LogP contribution in [0, 0.1) is 5.92 Å². The van der Waals surface area contributed by atoms with Crippen molar-refractivity contribution in [3.05, 3.63) is 0 Å². The summed E-state index contributed by atoms with van der Waals surface area (Å²) < 4.78 is 0. The SMILES string of the molecule is O=C(CN1CCC(NCC2CC2)CC1)NC1CCCC1. The van der Waals surface area contributed by atoms with E-state index in [4.69, 9.17) is 0 Å². The summed E-state index contributed by atoms with van der Waals surface area (Å²) >= 11 is 0. The van der Waals surface area contributed by atoms with Gasteiger partial charge in [0, 0.05) is 25.2 Å². The van der Waals surface area contributed by atoms with E-state index in [0.29, 0.717) is 18.6 Å². The van der Waals surface area contributed by atoms with E-state index in [-0.39, 0.29) is 5.91 Å². The molecule has 0 unspecified atom stereocenters. The predicted octanol–water partition coefficient (Wildman–Crippen LogP) is 1.51. The van der Waals surface area contributed by atoms with Crippen LogP contribution in [0.25, 0.3) is 0 Å². The van der Waals surface area contributed by atoms with Gasteiger partial charge >= 0.3 is 0 Å². The van der Waals surface area contributed by atoms with E-state index in [1.807, 2.05) is 0 Å². The van der Waals surface area contributed by atoms with Crippen molar-refractivity contribution in [2.24, 2.45) is 5.92 Å². The highest BCUT2D eigenvalue weighted by Crippen LogP contribution is 2.28. The van der Waals surface area contributed by atoms with Crippen molar-refractivity contribution in [2.45, 2.75) is 63.5 Å². The molecular weight excluding hydrogens is 250 g/mol. The summed E-state index contributed by atoms with van der Waals surface area (Å²) in [6, 6.07) is 1.14. The van der Waals surface area contributed by atoms with E-state index in [1.165, 1.54) is 57.9 Å². The van der Waals surface area contributed by atoms with Crippen LogP contribution in [0.2, 0.25) is 0 Å². The average Bonchev–Trinajstić information content (AvgIpc) is 3.14. The van der Waals surface area contributed by atoms with Crippen molar-refractivity contribution < 1.29 is 4.79 Å². The lowest BCUT2D eigenvalue weighted by Crippen LogP contribution is -2.47. The first-order valence-corrected chi connectivity index (χ1v) is 8.55. The van der Waals surface area contributed by atoms with E-state index in [2.05, 4.69) is 15.5 Å². The fourth-order valence-corrected chi connectivity index (χ4v) is 3.50. The lowest BCUT2D eigenvalue weighted by Gasteiger charge is -2.32. The molecule has 2 aliphatic carbocycles. The van der Waals surface area contributed by atoms with Gasteiger partial charge in [0.05, 0.1) is 6.54 Å². The van der Waals surface area contributed by atoms with Gasteiger partial charge in [0.2, 0.25) is 5.91 Å². The van der Waals surface area contributed by atoms with Gasteiger partial charge < -0.3 is 10.6 Å². The minimum Gasteiger partial charge on any atom is -0.352 e. The van der Waals surface area contributed by atoms with Gasteiger partial charge in [0.25, 0.3) is 0 Å². The number of piperidine rings is 1. The zero-order valence-electron chi connectivity index (χ0n) is 12.6. The van der Waals surface area contributed by atoms with Crippen LogP contribution in [0.3, 0.4) is 0 Å². The third-order valence-electron chi connectivity index (χ3n) is 5.07. The van der Waals surface area contributed by atoms with Crippen LogP contribution < -0.4 is 10.6 Å². The molecule has 0 radical (unpaired) electrons. The highest BCUT2D eigenvalue weighted by Gasteiger charge is 2.25. The Morgan fingerprint density at radius 1 is 0.950 bits per heavy atom. The Balaban J connectivity index is 1.29. The topological polar surface area (TPSA) is 44.4 Å². The predicted molar refractivity (Wildman–Crippen MR) is 80.6 cm³/mol. The number of hydrogen-bond donors (Lipinski definition) is 2. The van der Waals surface area contributed by atoms with Crippen LogP contribution in [0.4, 0.5) is 0 Å². The third-order valence-corrected chi connectivity index (χ3v) is 5.07. The summed E-state index contributed by atoms with van der Waals surface area (Å²) in [5.41, 5.74) is 0. The van der Waals surface area contributed by atoms with E-state index in [1.54, 1.807) is 0 Å². The molecule has 114 valence electrons. The highest BCUT2D eigenvalue weighted by molar-refractivity contribution is 5.78. The largest absolute Gasteiger partial charge is 0.352 e. The molecule has 0 bridgehead atoms. The second-order valence-electron chi connectivity index (χ2n) is 6.95. The van der Waals surface area contributed by atoms with Crippen LogP contribution in [-0.2, 0) is 4.79 Å². The number of hydrogen-bond acceptors (Lipinski definition) is 3. The van der Waals surface area contributed by atoms with E-state index in [0.717, 1.165) is 19.0 Å². The monoisotopic (exact) mass is 279 g/mol. The molecule has 4 nitrogen and oxygen atoms in total. The molecule has 20 heavy (non-hydrogen) atoms. The van der Waals surface area contributed by atoms with Crippen molar-refractivity contribution in [3.63, 3.8) is 0 Å². The van der Waals surface area contributed by atoms with Gasteiger partial charge in [-0.3, -0.25) is 9.69 Å². The molecule has 0 aromatic heterocycles. The molecule has 0 atom stereocenters. The standard InChI is InChI=1S/C16H29N3O/c20-16(18-15-3-1-2-4-15)12-19-9-7-14(8-10-19)17-11-13-5-6-13/h13-15,17H,1-12H2,(H,18,20). The van der Waals surface area contributed by atoms with Crippen LogP contribution in [0.5, 0.6) is 0 Å². The number of carbonyl (C=O) groups is 1. The van der Waals surface area contributed by atoms with Crippen molar-refractivity contribution in [3.8, 4) is 0 Å². The Morgan fingerprint density at radius 2 is 1.65 bits per heavy atom. The molecule has 3 rings (SSSR count). The van der Waals surface area contributed by atoms with E-state index in [9.17, 15) is 4.79 Å². The van der Waals surface area contributed by atoms with Crippen LogP contribution in [-0.4, -0.2) is 49.1 Å². The fraction of sp³-hybridized carbons (Fsp3) is 0.938. The summed E-state index contributed by atoms with van der Waals surface area (Å²) in [6.07, 6.45) is 10.2. The normalized spacial score (nSPS) is 26.0. The molecule has 0 aromatic rings. The molecular formula is C16H29N3O. The maximum atomic E-state index is 12.0. The fourth-order valence-electron chi connectivity index (χ4n) is 3.50. The Hall–Kier alpha value is -0.610. The first-order valence-electron chi connectivity index (χ1n) is 8.55. The Bertz CT molecular complexity index is 316. The maximum Gasteiger partial charge on any atom is 0.234 e. The Labute approximate surface area is 122 Å². The molecule has 0 spiro atoms. The van der Waals surface area contributed by atoms with Crippen LogP contribution in [0.15, 0.2) is 0 Å². The summed E-state index contributed by atoms with van der Waals surface area (Å²) in [7, 11) is 0. The van der Waals surface area contributed by atoms with Gasteiger partial charge in [-0.1, -0.05) is 12.8 Å². The lowest BCUT2D eigenvalue weighted by molar-refractivity contribution is -0.123. The molecule has 4 heteroatoms. The second-order valence-corrected chi connectivity index (χ2v) is 6.95. The zero-order valence-corrected chi connectivity index (χ0v) is 12.6. The van der Waals surface area contributed by atoms with Gasteiger partial charge in [0.1, 0.15) is 0 Å². The van der Waals surface area contributed by atoms with Crippen LogP contribution >= 0.6 is 0 Å². The average molecular weight is 279 g/mol. The number of nitrogens with one attached hydrogen (secondary N) is 2. The van der Waals surface area contributed by atoms with Gasteiger partial charge in [0.15, 0.2) is 0 Å². The molecule has 3 aliphatic rings. The molecule has 1 heterocycles. The van der Waals surface area contributed by atoms with Gasteiger partial charge in [-0.2, -0.15) is 0 Å². The summed E-state index contributed by atoms with van der Waals surface area (Å²) in [5, 5.41) is 6.88. The molecule has 1 amide bonds. The molecule has 2 N–H and O–H groups in total. The van der Waals surface area contributed by atoms with Crippen molar-refractivity contribution >= 4 is 5.91 Å². The first kappa shape index (κ1) is 14.3. The number of likely N-dealkylation sites (tertiary alicyclic amines) is 1. The number of nitrogens with zero attached hydrogens (tertiary/aromatic N) is 1. The van der Waals surface area contributed by atoms with Crippen molar-refractivity contribution in [2.75, 3.05) is 26.2 Å². The molecule has 0 aromatic carbocycles. The number of carbonyl (C=O) groups excluding carboxylic acids is 1. The molecule has 1 aliphatic heterocycles. The zero-order chi connectivity index (χ0) is 13.8. The minimum atomic E-state index is 0.237. The summed E-state index contributed by atoms with van der Waals surface area (Å²) in [6.45, 7) is 3.96. The number of amides is 1. The highest BCUT2D eigenvalue weighted by atomic mass is 16.2. The van der Waals surface area contributed by atoms with Gasteiger partial charge in [-0.15, -0.1) is 0 Å².